The monoisotopic (exact) mass is 266 g/mol. The van der Waals surface area contributed by atoms with Gasteiger partial charge in [-0.2, -0.15) is 0 Å². The third-order valence-electron chi connectivity index (χ3n) is 2.71. The number of phenols is 1. The van der Waals surface area contributed by atoms with Gasteiger partial charge in [0.1, 0.15) is 5.75 Å². The number of benzene rings is 1. The van der Waals surface area contributed by atoms with Crippen LogP contribution in [0.1, 0.15) is 35.7 Å². The van der Waals surface area contributed by atoms with Crippen LogP contribution in [0.3, 0.4) is 0 Å². The van der Waals surface area contributed by atoms with E-state index in [1.54, 1.807) is 25.1 Å². The maximum absolute atomic E-state index is 12.0. The van der Waals surface area contributed by atoms with Crippen molar-refractivity contribution in [1.29, 1.82) is 0 Å². The van der Waals surface area contributed by atoms with E-state index in [0.717, 1.165) is 6.42 Å². The SMILES string of the molecule is CCCC(NC(=O)c1cccc(C)c1O)C(N)=S. The molecule has 1 atom stereocenters. The molecule has 0 aliphatic rings. The van der Waals surface area contributed by atoms with Crippen molar-refractivity contribution in [1.82, 2.24) is 5.32 Å². The Morgan fingerprint density at radius 2 is 2.22 bits per heavy atom. The van der Waals surface area contributed by atoms with Crippen LogP contribution in [-0.4, -0.2) is 22.0 Å². The summed E-state index contributed by atoms with van der Waals surface area (Å²) in [6.07, 6.45) is 1.55. The van der Waals surface area contributed by atoms with Gasteiger partial charge >= 0.3 is 0 Å². The Kier molecular flexibility index (Phi) is 5.09. The molecule has 0 aliphatic carbocycles. The third-order valence-corrected chi connectivity index (χ3v) is 2.99. The van der Waals surface area contributed by atoms with Crippen molar-refractivity contribution in [2.24, 2.45) is 5.73 Å². The van der Waals surface area contributed by atoms with E-state index in [9.17, 15) is 9.90 Å². The molecule has 0 fully saturated rings. The minimum absolute atomic E-state index is 0.00631. The quantitative estimate of drug-likeness (QED) is 0.711. The highest BCUT2D eigenvalue weighted by Gasteiger charge is 2.18. The Morgan fingerprint density at radius 1 is 1.56 bits per heavy atom. The predicted octanol–water partition coefficient (Wildman–Crippen LogP) is 1.89. The number of carbonyl (C=O) groups excluding carboxylic acids is 1. The van der Waals surface area contributed by atoms with Gasteiger partial charge in [0.25, 0.3) is 5.91 Å². The largest absolute Gasteiger partial charge is 0.507 e. The summed E-state index contributed by atoms with van der Waals surface area (Å²) in [5.41, 5.74) is 6.47. The highest BCUT2D eigenvalue weighted by molar-refractivity contribution is 7.80. The van der Waals surface area contributed by atoms with E-state index in [2.05, 4.69) is 5.32 Å². The second-order valence-corrected chi connectivity index (χ2v) is 4.66. The van der Waals surface area contributed by atoms with E-state index in [1.807, 2.05) is 6.92 Å². The molecule has 0 saturated heterocycles. The molecule has 4 nitrogen and oxygen atoms in total. The molecule has 0 aromatic heterocycles. The second-order valence-electron chi connectivity index (χ2n) is 4.19. The fraction of sp³-hybridized carbons (Fsp3) is 0.385. The van der Waals surface area contributed by atoms with Crippen molar-refractivity contribution >= 4 is 23.1 Å². The number of rotatable bonds is 5. The van der Waals surface area contributed by atoms with Gasteiger partial charge in [0.15, 0.2) is 0 Å². The molecule has 1 rings (SSSR count). The van der Waals surface area contributed by atoms with Crippen LogP contribution in [-0.2, 0) is 0 Å². The van der Waals surface area contributed by atoms with E-state index >= 15 is 0 Å². The Balaban J connectivity index is 2.87. The topological polar surface area (TPSA) is 75.3 Å². The molecule has 5 heteroatoms. The van der Waals surface area contributed by atoms with Gasteiger partial charge in [-0.25, -0.2) is 0 Å². The summed E-state index contributed by atoms with van der Waals surface area (Å²) in [7, 11) is 0. The zero-order valence-electron chi connectivity index (χ0n) is 10.6. The van der Waals surface area contributed by atoms with Crippen LogP contribution in [0.4, 0.5) is 0 Å². The molecular formula is C13H18N2O2S. The summed E-state index contributed by atoms with van der Waals surface area (Å²) in [4.78, 5) is 12.3. The lowest BCUT2D eigenvalue weighted by Crippen LogP contribution is -2.43. The first-order valence-corrected chi connectivity index (χ1v) is 6.27. The van der Waals surface area contributed by atoms with Crippen molar-refractivity contribution < 1.29 is 9.90 Å². The van der Waals surface area contributed by atoms with E-state index in [0.29, 0.717) is 12.0 Å². The van der Waals surface area contributed by atoms with Crippen LogP contribution in [0.5, 0.6) is 5.75 Å². The molecule has 98 valence electrons. The number of phenolic OH excluding ortho intramolecular Hbond substituents is 1. The lowest BCUT2D eigenvalue weighted by atomic mass is 10.1. The Labute approximate surface area is 112 Å². The summed E-state index contributed by atoms with van der Waals surface area (Å²) < 4.78 is 0. The van der Waals surface area contributed by atoms with Crippen molar-refractivity contribution in [3.63, 3.8) is 0 Å². The molecule has 4 N–H and O–H groups in total. The smallest absolute Gasteiger partial charge is 0.255 e. The third kappa shape index (κ3) is 3.43. The fourth-order valence-corrected chi connectivity index (χ4v) is 1.83. The zero-order chi connectivity index (χ0) is 13.7. The lowest BCUT2D eigenvalue weighted by molar-refractivity contribution is 0.0943. The maximum atomic E-state index is 12.0. The minimum atomic E-state index is -0.359. The first-order valence-electron chi connectivity index (χ1n) is 5.86. The van der Waals surface area contributed by atoms with Crippen molar-refractivity contribution in [2.75, 3.05) is 0 Å². The molecule has 1 aromatic rings. The minimum Gasteiger partial charge on any atom is -0.507 e. The molecule has 18 heavy (non-hydrogen) atoms. The Morgan fingerprint density at radius 3 is 2.78 bits per heavy atom. The summed E-state index contributed by atoms with van der Waals surface area (Å²) in [5.74, 6) is -0.365. The molecule has 0 heterocycles. The standard InChI is InChI=1S/C13H18N2O2S/c1-3-5-10(12(14)18)15-13(17)9-7-4-6-8(2)11(9)16/h4,6-7,10,16H,3,5H2,1-2H3,(H2,14,18)(H,15,17). The van der Waals surface area contributed by atoms with Gasteiger partial charge in [0.05, 0.1) is 16.6 Å². The number of nitrogens with one attached hydrogen (secondary N) is 1. The van der Waals surface area contributed by atoms with Gasteiger partial charge in [-0.1, -0.05) is 37.7 Å². The van der Waals surface area contributed by atoms with Crippen LogP contribution in [0.25, 0.3) is 0 Å². The summed E-state index contributed by atoms with van der Waals surface area (Å²) in [6, 6.07) is 4.70. The van der Waals surface area contributed by atoms with Crippen molar-refractivity contribution in [3.05, 3.63) is 29.3 Å². The average Bonchev–Trinajstić information content (AvgIpc) is 2.31. The molecule has 0 spiro atoms. The van der Waals surface area contributed by atoms with Gasteiger partial charge in [0.2, 0.25) is 0 Å². The maximum Gasteiger partial charge on any atom is 0.255 e. The fourth-order valence-electron chi connectivity index (χ4n) is 1.65. The Hall–Kier alpha value is -1.62. The number of hydrogen-bond donors (Lipinski definition) is 3. The number of aryl methyl sites for hydroxylation is 1. The number of amides is 1. The van der Waals surface area contributed by atoms with Gasteiger partial charge in [-0.3, -0.25) is 4.79 Å². The van der Waals surface area contributed by atoms with Crippen LogP contribution in [0, 0.1) is 6.92 Å². The van der Waals surface area contributed by atoms with E-state index < -0.39 is 0 Å². The summed E-state index contributed by atoms with van der Waals surface area (Å²) in [6.45, 7) is 3.73. The van der Waals surface area contributed by atoms with Gasteiger partial charge in [-0.05, 0) is 25.0 Å². The summed E-state index contributed by atoms with van der Waals surface area (Å²) >= 11 is 4.91. The molecule has 0 aliphatic heterocycles. The van der Waals surface area contributed by atoms with Crippen LogP contribution in [0.15, 0.2) is 18.2 Å². The highest BCUT2D eigenvalue weighted by Crippen LogP contribution is 2.21. The number of thiocarbonyl (C=S) groups is 1. The zero-order valence-corrected chi connectivity index (χ0v) is 11.4. The van der Waals surface area contributed by atoms with E-state index in [1.165, 1.54) is 0 Å². The normalized spacial score (nSPS) is 11.9. The van der Waals surface area contributed by atoms with Crippen molar-refractivity contribution in [3.8, 4) is 5.75 Å². The second kappa shape index (κ2) is 6.35. The first-order chi connectivity index (χ1) is 8.47. The number of aromatic hydroxyl groups is 1. The molecule has 1 aromatic carbocycles. The predicted molar refractivity (Wildman–Crippen MR) is 75.8 cm³/mol. The van der Waals surface area contributed by atoms with Gasteiger partial charge < -0.3 is 16.2 Å². The number of hydrogen-bond acceptors (Lipinski definition) is 3. The van der Waals surface area contributed by atoms with Crippen LogP contribution in [0.2, 0.25) is 0 Å². The van der Waals surface area contributed by atoms with E-state index in [4.69, 9.17) is 18.0 Å². The Bertz CT molecular complexity index is 460. The van der Waals surface area contributed by atoms with Crippen molar-refractivity contribution in [2.45, 2.75) is 32.7 Å². The highest BCUT2D eigenvalue weighted by atomic mass is 32.1. The van der Waals surface area contributed by atoms with Crippen LogP contribution < -0.4 is 11.1 Å². The molecule has 0 bridgehead atoms. The molecule has 1 unspecified atom stereocenters. The van der Waals surface area contributed by atoms with Crippen LogP contribution >= 0.6 is 12.2 Å². The molecule has 1 amide bonds. The molecular weight excluding hydrogens is 248 g/mol. The van der Waals surface area contributed by atoms with E-state index in [-0.39, 0.29) is 28.3 Å². The number of para-hydroxylation sites is 1. The first kappa shape index (κ1) is 14.4. The van der Waals surface area contributed by atoms with Gasteiger partial charge in [-0.15, -0.1) is 0 Å². The van der Waals surface area contributed by atoms with Gasteiger partial charge in [0, 0.05) is 0 Å². The lowest BCUT2D eigenvalue weighted by Gasteiger charge is -2.17. The number of carbonyl (C=O) groups is 1. The summed E-state index contributed by atoms with van der Waals surface area (Å²) in [5, 5.41) is 12.6. The average molecular weight is 266 g/mol. The molecule has 0 saturated carbocycles. The molecule has 0 radical (unpaired) electrons. The number of nitrogens with two attached hydrogens (primary N) is 1.